The van der Waals surface area contributed by atoms with Gasteiger partial charge in [0.2, 0.25) is 5.91 Å². The summed E-state index contributed by atoms with van der Waals surface area (Å²) in [6.45, 7) is 2.78. The van der Waals surface area contributed by atoms with Crippen molar-refractivity contribution in [2.24, 2.45) is 0 Å². The summed E-state index contributed by atoms with van der Waals surface area (Å²) >= 11 is 0. The van der Waals surface area contributed by atoms with E-state index in [2.05, 4.69) is 10.3 Å². The minimum atomic E-state index is 0. The Hall–Kier alpha value is -1.38. The highest BCUT2D eigenvalue weighted by Gasteiger charge is 2.00. The standard InChI is InChI=1S/C10H14N2O.H2/c1-2-5-12-10(13)7-9-4-3-6-11-8-9;/h3-4,6,8H,2,5,7H2,1H3,(H,12,13);1H. The van der Waals surface area contributed by atoms with E-state index in [0.29, 0.717) is 6.42 Å². The molecule has 1 aromatic rings. The first kappa shape index (κ1) is 9.71. The molecule has 3 heteroatoms. The summed E-state index contributed by atoms with van der Waals surface area (Å²) in [6, 6.07) is 3.74. The predicted molar refractivity (Wildman–Crippen MR) is 53.4 cm³/mol. The van der Waals surface area contributed by atoms with Crippen LogP contribution in [0, 0.1) is 0 Å². The third-order valence-electron chi connectivity index (χ3n) is 1.66. The maximum atomic E-state index is 11.2. The van der Waals surface area contributed by atoms with Gasteiger partial charge in [-0.05, 0) is 18.1 Å². The lowest BCUT2D eigenvalue weighted by Crippen LogP contribution is -2.25. The van der Waals surface area contributed by atoms with E-state index in [1.807, 2.05) is 19.1 Å². The quantitative estimate of drug-likeness (QED) is 0.761. The molecule has 0 bridgehead atoms. The smallest absolute Gasteiger partial charge is 0.224 e. The van der Waals surface area contributed by atoms with Crippen LogP contribution in [0.4, 0.5) is 0 Å². The van der Waals surface area contributed by atoms with Crippen molar-refractivity contribution >= 4 is 5.91 Å². The van der Waals surface area contributed by atoms with E-state index in [4.69, 9.17) is 0 Å². The highest BCUT2D eigenvalue weighted by molar-refractivity contribution is 5.78. The van der Waals surface area contributed by atoms with Crippen LogP contribution in [-0.2, 0) is 11.2 Å². The van der Waals surface area contributed by atoms with E-state index in [0.717, 1.165) is 18.5 Å². The average molecular weight is 180 g/mol. The average Bonchev–Trinajstić information content (AvgIpc) is 2.16. The Balaban J connectivity index is 0.00000169. The van der Waals surface area contributed by atoms with Crippen LogP contribution in [0.2, 0.25) is 0 Å². The Bertz CT molecular complexity index is 264. The summed E-state index contributed by atoms with van der Waals surface area (Å²) in [5, 5.41) is 2.81. The van der Waals surface area contributed by atoms with Crippen LogP contribution >= 0.6 is 0 Å². The second kappa shape index (κ2) is 5.30. The number of hydrogen-bond acceptors (Lipinski definition) is 2. The predicted octanol–water partition coefficient (Wildman–Crippen LogP) is 1.40. The summed E-state index contributed by atoms with van der Waals surface area (Å²) < 4.78 is 0. The molecule has 1 amide bonds. The van der Waals surface area contributed by atoms with E-state index in [1.54, 1.807) is 12.4 Å². The molecule has 13 heavy (non-hydrogen) atoms. The van der Waals surface area contributed by atoms with Gasteiger partial charge < -0.3 is 5.32 Å². The number of nitrogens with one attached hydrogen (secondary N) is 1. The van der Waals surface area contributed by atoms with Gasteiger partial charge in [-0.3, -0.25) is 9.78 Å². The van der Waals surface area contributed by atoms with Crippen LogP contribution in [0.3, 0.4) is 0 Å². The molecule has 3 nitrogen and oxygen atoms in total. The van der Waals surface area contributed by atoms with Gasteiger partial charge in [-0.1, -0.05) is 13.0 Å². The van der Waals surface area contributed by atoms with Crippen molar-refractivity contribution in [1.29, 1.82) is 0 Å². The normalized spacial score (nSPS) is 9.62. The van der Waals surface area contributed by atoms with Crippen LogP contribution in [0.25, 0.3) is 0 Å². The molecule has 1 rings (SSSR count). The number of nitrogens with zero attached hydrogens (tertiary/aromatic N) is 1. The molecular formula is C10H16N2O. The number of amides is 1. The second-order valence-corrected chi connectivity index (χ2v) is 2.89. The Labute approximate surface area is 79.7 Å². The van der Waals surface area contributed by atoms with Crippen molar-refractivity contribution in [2.75, 3.05) is 6.54 Å². The molecule has 0 saturated heterocycles. The van der Waals surface area contributed by atoms with Crippen molar-refractivity contribution < 1.29 is 6.22 Å². The van der Waals surface area contributed by atoms with Crippen molar-refractivity contribution in [2.45, 2.75) is 19.8 Å². The zero-order chi connectivity index (χ0) is 9.52. The van der Waals surface area contributed by atoms with Crippen molar-refractivity contribution in [3.8, 4) is 0 Å². The van der Waals surface area contributed by atoms with Gasteiger partial charge in [0.15, 0.2) is 0 Å². The second-order valence-electron chi connectivity index (χ2n) is 2.89. The third-order valence-corrected chi connectivity index (χ3v) is 1.66. The first-order valence-corrected chi connectivity index (χ1v) is 4.48. The molecule has 0 aliphatic carbocycles. The Morgan fingerprint density at radius 3 is 3.15 bits per heavy atom. The molecule has 0 aromatic carbocycles. The zero-order valence-corrected chi connectivity index (χ0v) is 7.79. The monoisotopic (exact) mass is 180 g/mol. The van der Waals surface area contributed by atoms with Crippen LogP contribution in [-0.4, -0.2) is 17.4 Å². The van der Waals surface area contributed by atoms with Crippen molar-refractivity contribution in [3.05, 3.63) is 30.1 Å². The van der Waals surface area contributed by atoms with E-state index >= 15 is 0 Å². The fourth-order valence-corrected chi connectivity index (χ4v) is 1.02. The number of aromatic nitrogens is 1. The van der Waals surface area contributed by atoms with Gasteiger partial charge in [0.1, 0.15) is 0 Å². The van der Waals surface area contributed by atoms with E-state index in [9.17, 15) is 4.79 Å². The molecule has 0 aliphatic rings. The zero-order valence-electron chi connectivity index (χ0n) is 7.79. The molecular weight excluding hydrogens is 164 g/mol. The van der Waals surface area contributed by atoms with E-state index < -0.39 is 0 Å². The molecule has 0 aliphatic heterocycles. The van der Waals surface area contributed by atoms with Gasteiger partial charge in [0.05, 0.1) is 6.42 Å². The van der Waals surface area contributed by atoms with Crippen molar-refractivity contribution in [3.63, 3.8) is 0 Å². The maximum Gasteiger partial charge on any atom is 0.224 e. The number of hydrogen-bond donors (Lipinski definition) is 1. The number of carbonyl (C=O) groups excluding carboxylic acids is 1. The summed E-state index contributed by atoms with van der Waals surface area (Å²) in [5.74, 6) is 0.0647. The highest BCUT2D eigenvalue weighted by Crippen LogP contribution is 1.96. The van der Waals surface area contributed by atoms with Gasteiger partial charge in [0, 0.05) is 20.4 Å². The first-order chi connectivity index (χ1) is 6.33. The number of carbonyl (C=O) groups is 1. The van der Waals surface area contributed by atoms with Gasteiger partial charge in [0.25, 0.3) is 0 Å². The van der Waals surface area contributed by atoms with Gasteiger partial charge in [-0.2, -0.15) is 0 Å². The fraction of sp³-hybridized carbons (Fsp3) is 0.400. The molecule has 1 aromatic heterocycles. The van der Waals surface area contributed by atoms with Crippen LogP contribution in [0.5, 0.6) is 0 Å². The topological polar surface area (TPSA) is 42.0 Å². The molecule has 0 radical (unpaired) electrons. The largest absolute Gasteiger partial charge is 0.356 e. The lowest BCUT2D eigenvalue weighted by molar-refractivity contribution is -0.120. The number of pyridine rings is 1. The highest BCUT2D eigenvalue weighted by atomic mass is 16.1. The molecule has 1 N–H and O–H groups in total. The van der Waals surface area contributed by atoms with Gasteiger partial charge in [-0.15, -0.1) is 0 Å². The maximum absolute atomic E-state index is 11.2. The molecule has 0 unspecified atom stereocenters. The van der Waals surface area contributed by atoms with Crippen LogP contribution in [0.15, 0.2) is 24.5 Å². The molecule has 0 atom stereocenters. The Kier molecular flexibility index (Phi) is 3.96. The summed E-state index contributed by atoms with van der Waals surface area (Å²) in [7, 11) is 0. The lowest BCUT2D eigenvalue weighted by atomic mass is 10.2. The summed E-state index contributed by atoms with van der Waals surface area (Å²) in [5.41, 5.74) is 0.955. The summed E-state index contributed by atoms with van der Waals surface area (Å²) in [4.78, 5) is 15.2. The molecule has 1 heterocycles. The third kappa shape index (κ3) is 3.69. The molecule has 0 fully saturated rings. The van der Waals surface area contributed by atoms with Crippen LogP contribution < -0.4 is 5.32 Å². The number of rotatable bonds is 4. The minimum absolute atomic E-state index is 0. The van der Waals surface area contributed by atoms with Gasteiger partial charge >= 0.3 is 0 Å². The SMILES string of the molecule is CCCNC(=O)Cc1cccnc1.[HH]. The Morgan fingerprint density at radius 2 is 2.54 bits per heavy atom. The Morgan fingerprint density at radius 1 is 1.69 bits per heavy atom. The van der Waals surface area contributed by atoms with Gasteiger partial charge in [-0.25, -0.2) is 0 Å². The van der Waals surface area contributed by atoms with E-state index in [1.165, 1.54) is 0 Å². The lowest BCUT2D eigenvalue weighted by Gasteiger charge is -2.02. The van der Waals surface area contributed by atoms with E-state index in [-0.39, 0.29) is 7.33 Å². The fourth-order valence-electron chi connectivity index (χ4n) is 1.02. The molecule has 72 valence electrons. The van der Waals surface area contributed by atoms with Crippen LogP contribution in [0.1, 0.15) is 20.3 Å². The minimum Gasteiger partial charge on any atom is -0.356 e. The summed E-state index contributed by atoms with van der Waals surface area (Å²) in [6.07, 6.45) is 4.81. The molecule has 0 saturated carbocycles. The molecule has 0 spiro atoms. The first-order valence-electron chi connectivity index (χ1n) is 4.48. The van der Waals surface area contributed by atoms with Crippen molar-refractivity contribution in [1.82, 2.24) is 10.3 Å².